The molecule has 0 amide bonds. The van der Waals surface area contributed by atoms with Gasteiger partial charge in [-0.1, -0.05) is 6.07 Å². The Morgan fingerprint density at radius 1 is 1.05 bits per heavy atom. The molecule has 0 bridgehead atoms. The number of rotatable bonds is 6. The van der Waals surface area contributed by atoms with Crippen LogP contribution in [-0.2, 0) is 13.1 Å². The third-order valence-corrected chi connectivity index (χ3v) is 2.99. The van der Waals surface area contributed by atoms with Crippen LogP contribution in [0.1, 0.15) is 11.1 Å². The third-order valence-electron chi connectivity index (χ3n) is 2.99. The second kappa shape index (κ2) is 7.19. The fraction of sp³-hybridized carbons (Fsp3) is 0.267. The highest BCUT2D eigenvalue weighted by Crippen LogP contribution is 2.16. The maximum absolute atomic E-state index is 13.2. The summed E-state index contributed by atoms with van der Waals surface area (Å²) in [6, 6.07) is 5.57. The van der Waals surface area contributed by atoms with E-state index in [0.717, 1.165) is 17.7 Å². The number of aliphatic hydroxyl groups is 1. The monoisotopic (exact) mass is 296 g/mol. The molecule has 0 radical (unpaired) electrons. The molecule has 0 spiro atoms. The minimum atomic E-state index is -1.47. The minimum absolute atomic E-state index is 0.0909. The summed E-state index contributed by atoms with van der Waals surface area (Å²) in [6.07, 6.45) is 3.32. The summed E-state index contributed by atoms with van der Waals surface area (Å²) in [5, 5.41) is 9.08. The smallest absolute Gasteiger partial charge is 0.194 e. The zero-order valence-corrected chi connectivity index (χ0v) is 11.3. The number of nitrogens with zero attached hydrogens (tertiary/aromatic N) is 2. The number of halogens is 3. The Balaban J connectivity index is 2.12. The van der Waals surface area contributed by atoms with Gasteiger partial charge in [0.25, 0.3) is 0 Å². The van der Waals surface area contributed by atoms with E-state index in [4.69, 9.17) is 5.11 Å². The Labute approximate surface area is 120 Å². The van der Waals surface area contributed by atoms with E-state index in [2.05, 4.69) is 4.98 Å². The van der Waals surface area contributed by atoms with Crippen LogP contribution < -0.4 is 0 Å². The summed E-state index contributed by atoms with van der Waals surface area (Å²) in [4.78, 5) is 5.78. The van der Waals surface area contributed by atoms with Gasteiger partial charge in [-0.25, -0.2) is 13.2 Å². The van der Waals surface area contributed by atoms with E-state index in [1.54, 1.807) is 23.4 Å². The lowest BCUT2D eigenvalue weighted by atomic mass is 10.1. The van der Waals surface area contributed by atoms with Crippen LogP contribution in [0, 0.1) is 17.5 Å². The number of aromatic nitrogens is 1. The number of hydrogen-bond donors (Lipinski definition) is 1. The van der Waals surface area contributed by atoms with Crippen LogP contribution in [0.2, 0.25) is 0 Å². The Bertz CT molecular complexity index is 570. The summed E-state index contributed by atoms with van der Waals surface area (Å²) in [6.45, 7) is 0.903. The van der Waals surface area contributed by atoms with Crippen LogP contribution in [0.25, 0.3) is 0 Å². The van der Waals surface area contributed by atoms with Gasteiger partial charge in [0, 0.05) is 32.0 Å². The number of hydrogen-bond acceptors (Lipinski definition) is 3. The molecule has 0 saturated carbocycles. The molecule has 1 aromatic carbocycles. The van der Waals surface area contributed by atoms with E-state index in [1.807, 2.05) is 6.07 Å². The van der Waals surface area contributed by atoms with E-state index in [0.29, 0.717) is 18.7 Å². The molecule has 0 fully saturated rings. The van der Waals surface area contributed by atoms with Crippen LogP contribution in [0.5, 0.6) is 0 Å². The summed E-state index contributed by atoms with van der Waals surface area (Å²) < 4.78 is 39.4. The van der Waals surface area contributed by atoms with Crippen LogP contribution in [-0.4, -0.2) is 28.1 Å². The van der Waals surface area contributed by atoms with E-state index >= 15 is 0 Å². The van der Waals surface area contributed by atoms with Crippen molar-refractivity contribution in [1.29, 1.82) is 0 Å². The van der Waals surface area contributed by atoms with E-state index in [9.17, 15) is 13.2 Å². The van der Waals surface area contributed by atoms with E-state index in [-0.39, 0.29) is 13.2 Å². The van der Waals surface area contributed by atoms with E-state index in [1.165, 1.54) is 0 Å². The van der Waals surface area contributed by atoms with Gasteiger partial charge >= 0.3 is 0 Å². The quantitative estimate of drug-likeness (QED) is 0.832. The van der Waals surface area contributed by atoms with Crippen molar-refractivity contribution in [3.8, 4) is 0 Å². The largest absolute Gasteiger partial charge is 0.395 e. The molecule has 2 aromatic rings. The Hall–Kier alpha value is -1.92. The molecule has 0 aliphatic rings. The Morgan fingerprint density at radius 3 is 2.29 bits per heavy atom. The van der Waals surface area contributed by atoms with Crippen molar-refractivity contribution in [2.24, 2.45) is 0 Å². The Morgan fingerprint density at radius 2 is 1.71 bits per heavy atom. The zero-order chi connectivity index (χ0) is 15.2. The predicted molar refractivity (Wildman–Crippen MR) is 71.8 cm³/mol. The first kappa shape index (κ1) is 15.5. The molecular weight excluding hydrogens is 281 g/mol. The van der Waals surface area contributed by atoms with Crippen LogP contribution in [0.4, 0.5) is 13.2 Å². The van der Waals surface area contributed by atoms with Gasteiger partial charge in [0.2, 0.25) is 0 Å². The summed E-state index contributed by atoms with van der Waals surface area (Å²) in [7, 11) is 0. The number of aliphatic hydroxyl groups excluding tert-OH is 1. The van der Waals surface area contributed by atoms with Gasteiger partial charge in [-0.3, -0.25) is 9.88 Å². The Kier molecular flexibility index (Phi) is 5.30. The fourth-order valence-electron chi connectivity index (χ4n) is 2.06. The van der Waals surface area contributed by atoms with Gasteiger partial charge in [0.1, 0.15) is 0 Å². The van der Waals surface area contributed by atoms with Gasteiger partial charge in [-0.2, -0.15) is 0 Å². The SMILES string of the molecule is OCCN(Cc1cccnc1)Cc1cc(F)c(F)c(F)c1. The van der Waals surface area contributed by atoms with Crippen molar-refractivity contribution in [3.05, 3.63) is 65.2 Å². The molecule has 1 N–H and O–H groups in total. The third kappa shape index (κ3) is 4.27. The first-order chi connectivity index (χ1) is 10.1. The molecule has 0 aliphatic heterocycles. The summed E-state index contributed by atoms with van der Waals surface area (Å²) in [5.41, 5.74) is 1.22. The molecule has 0 aliphatic carbocycles. The predicted octanol–water partition coefficient (Wildman–Crippen LogP) is 2.49. The van der Waals surface area contributed by atoms with Crippen molar-refractivity contribution < 1.29 is 18.3 Å². The molecule has 112 valence electrons. The van der Waals surface area contributed by atoms with Crippen molar-refractivity contribution >= 4 is 0 Å². The van der Waals surface area contributed by atoms with Gasteiger partial charge in [-0.15, -0.1) is 0 Å². The van der Waals surface area contributed by atoms with Gasteiger partial charge in [0.15, 0.2) is 17.5 Å². The molecule has 1 aromatic heterocycles. The van der Waals surface area contributed by atoms with Crippen molar-refractivity contribution in [3.63, 3.8) is 0 Å². The lowest BCUT2D eigenvalue weighted by Crippen LogP contribution is -2.26. The second-order valence-electron chi connectivity index (χ2n) is 4.67. The number of pyridine rings is 1. The highest BCUT2D eigenvalue weighted by atomic mass is 19.2. The first-order valence-electron chi connectivity index (χ1n) is 6.45. The number of benzene rings is 1. The highest BCUT2D eigenvalue weighted by Gasteiger charge is 2.13. The highest BCUT2D eigenvalue weighted by molar-refractivity contribution is 5.19. The van der Waals surface area contributed by atoms with Crippen LogP contribution in [0.3, 0.4) is 0 Å². The maximum atomic E-state index is 13.2. The van der Waals surface area contributed by atoms with E-state index < -0.39 is 17.5 Å². The minimum Gasteiger partial charge on any atom is -0.395 e. The second-order valence-corrected chi connectivity index (χ2v) is 4.67. The molecule has 0 unspecified atom stereocenters. The van der Waals surface area contributed by atoms with Crippen molar-refractivity contribution in [2.45, 2.75) is 13.1 Å². The van der Waals surface area contributed by atoms with Gasteiger partial charge < -0.3 is 5.11 Å². The summed E-state index contributed by atoms with van der Waals surface area (Å²) >= 11 is 0. The lowest BCUT2D eigenvalue weighted by molar-refractivity contribution is 0.184. The average molecular weight is 296 g/mol. The fourth-order valence-corrected chi connectivity index (χ4v) is 2.06. The van der Waals surface area contributed by atoms with Crippen LogP contribution >= 0.6 is 0 Å². The molecule has 0 saturated heterocycles. The van der Waals surface area contributed by atoms with Crippen LogP contribution in [0.15, 0.2) is 36.7 Å². The molecule has 3 nitrogen and oxygen atoms in total. The molecule has 1 heterocycles. The topological polar surface area (TPSA) is 36.4 Å². The lowest BCUT2D eigenvalue weighted by Gasteiger charge is -2.21. The molecule has 2 rings (SSSR count). The molecule has 0 atom stereocenters. The molecule has 6 heteroatoms. The normalized spacial score (nSPS) is 11.1. The molecular formula is C15H15F3N2O. The molecule has 21 heavy (non-hydrogen) atoms. The van der Waals surface area contributed by atoms with Crippen molar-refractivity contribution in [2.75, 3.05) is 13.2 Å². The van der Waals surface area contributed by atoms with Gasteiger partial charge in [0.05, 0.1) is 6.61 Å². The average Bonchev–Trinajstić information content (AvgIpc) is 2.46. The van der Waals surface area contributed by atoms with Crippen molar-refractivity contribution in [1.82, 2.24) is 9.88 Å². The van der Waals surface area contributed by atoms with Gasteiger partial charge in [-0.05, 0) is 29.3 Å². The first-order valence-corrected chi connectivity index (χ1v) is 6.45. The maximum Gasteiger partial charge on any atom is 0.194 e. The summed E-state index contributed by atoms with van der Waals surface area (Å²) in [5.74, 6) is -3.90. The zero-order valence-electron chi connectivity index (χ0n) is 11.3. The standard InChI is InChI=1S/C15H15F3N2O/c16-13-6-12(7-14(17)15(13)18)10-20(4-5-21)9-11-2-1-3-19-8-11/h1-3,6-8,21H,4-5,9-10H2.